The molecule has 5 nitrogen and oxygen atoms in total. The first kappa shape index (κ1) is 19.1. The highest BCUT2D eigenvalue weighted by molar-refractivity contribution is 5.93. The molecule has 1 aliphatic heterocycles. The second-order valence-electron chi connectivity index (χ2n) is 7.79. The average molecular weight is 386 g/mol. The predicted molar refractivity (Wildman–Crippen MR) is 117 cm³/mol. The topological polar surface area (TPSA) is 58.1 Å². The maximum atomic E-state index is 12.7. The second-order valence-corrected chi connectivity index (χ2v) is 7.79. The molecule has 1 aliphatic rings. The fourth-order valence-electron chi connectivity index (χ4n) is 3.74. The largest absolute Gasteiger partial charge is 0.354 e. The van der Waals surface area contributed by atoms with E-state index in [1.165, 1.54) is 5.56 Å². The average Bonchev–Trinajstić information content (AvgIpc) is 2.74. The maximum absolute atomic E-state index is 12.7. The van der Waals surface area contributed by atoms with Gasteiger partial charge in [-0.1, -0.05) is 42.0 Å². The lowest BCUT2D eigenvalue weighted by Crippen LogP contribution is -2.41. The Bertz CT molecular complexity index is 983. The monoisotopic (exact) mass is 386 g/mol. The summed E-state index contributed by atoms with van der Waals surface area (Å²) in [5.74, 6) is 0.848. The Morgan fingerprint density at radius 3 is 2.55 bits per heavy atom. The summed E-state index contributed by atoms with van der Waals surface area (Å²) in [5.41, 5.74) is 5.14. The Hall–Kier alpha value is -3.21. The van der Waals surface area contributed by atoms with Gasteiger partial charge < -0.3 is 10.2 Å². The first-order valence-corrected chi connectivity index (χ1v) is 10.1. The highest BCUT2D eigenvalue weighted by Gasteiger charge is 2.26. The Kier molecular flexibility index (Phi) is 5.56. The number of nitrogens with zero attached hydrogens (tertiary/aromatic N) is 3. The molecule has 29 heavy (non-hydrogen) atoms. The van der Waals surface area contributed by atoms with Crippen LogP contribution in [0.5, 0.6) is 0 Å². The number of benzene rings is 2. The summed E-state index contributed by atoms with van der Waals surface area (Å²) in [7, 11) is 0. The molecule has 4 rings (SSSR count). The Morgan fingerprint density at radius 2 is 1.83 bits per heavy atom. The fraction of sp³-hybridized carbons (Fsp3) is 0.292. The van der Waals surface area contributed by atoms with Gasteiger partial charge in [0.05, 0.1) is 11.6 Å². The normalized spacial score (nSPS) is 16.5. The molecule has 3 aromatic rings. The number of carbonyl (C=O) groups excluding carboxylic acids is 1. The molecule has 1 aromatic heterocycles. The second kappa shape index (κ2) is 8.43. The molecule has 2 heterocycles. The molecule has 1 fully saturated rings. The highest BCUT2D eigenvalue weighted by atomic mass is 16.1. The van der Waals surface area contributed by atoms with Crippen LogP contribution in [0.15, 0.2) is 60.7 Å². The summed E-state index contributed by atoms with van der Waals surface area (Å²) in [6.45, 7) is 5.65. The van der Waals surface area contributed by atoms with Crippen LogP contribution in [0.2, 0.25) is 0 Å². The number of aromatic nitrogens is 2. The Balaban J connectivity index is 1.42. The van der Waals surface area contributed by atoms with Gasteiger partial charge in [0.15, 0.2) is 5.82 Å². The van der Waals surface area contributed by atoms with Crippen LogP contribution in [0.25, 0.3) is 11.3 Å². The first-order valence-electron chi connectivity index (χ1n) is 10.1. The molecule has 1 atom stereocenters. The molecule has 1 saturated heterocycles. The quantitative estimate of drug-likeness (QED) is 0.711. The van der Waals surface area contributed by atoms with E-state index in [1.54, 1.807) is 0 Å². The molecule has 1 amide bonds. The molecule has 0 spiro atoms. The van der Waals surface area contributed by atoms with Gasteiger partial charge in [-0.25, -0.2) is 0 Å². The zero-order chi connectivity index (χ0) is 20.2. The zero-order valence-corrected chi connectivity index (χ0v) is 16.9. The van der Waals surface area contributed by atoms with Crippen LogP contribution in [0.4, 0.5) is 11.5 Å². The van der Waals surface area contributed by atoms with Crippen LogP contribution in [-0.2, 0) is 4.79 Å². The third kappa shape index (κ3) is 4.62. The number of amides is 1. The van der Waals surface area contributed by atoms with Gasteiger partial charge in [-0.15, -0.1) is 10.2 Å². The molecule has 5 heteroatoms. The van der Waals surface area contributed by atoms with Crippen LogP contribution in [0.3, 0.4) is 0 Å². The minimum absolute atomic E-state index is 0.0529. The molecule has 0 radical (unpaired) electrons. The zero-order valence-electron chi connectivity index (χ0n) is 16.9. The highest BCUT2D eigenvalue weighted by Crippen LogP contribution is 2.24. The summed E-state index contributed by atoms with van der Waals surface area (Å²) in [6, 6.07) is 20.2. The number of rotatable bonds is 4. The predicted octanol–water partition coefficient (Wildman–Crippen LogP) is 4.62. The number of anilines is 2. The third-order valence-electron chi connectivity index (χ3n) is 5.40. The summed E-state index contributed by atoms with van der Waals surface area (Å²) in [6.07, 6.45) is 1.86. The van der Waals surface area contributed by atoms with Crippen molar-refractivity contribution in [3.05, 3.63) is 71.8 Å². The van der Waals surface area contributed by atoms with Crippen molar-refractivity contribution in [2.75, 3.05) is 23.3 Å². The summed E-state index contributed by atoms with van der Waals surface area (Å²) in [4.78, 5) is 14.9. The molecule has 0 saturated carbocycles. The molecular formula is C24H26N4O. The fourth-order valence-corrected chi connectivity index (χ4v) is 3.74. The van der Waals surface area contributed by atoms with Crippen LogP contribution >= 0.6 is 0 Å². The van der Waals surface area contributed by atoms with E-state index in [0.717, 1.165) is 47.7 Å². The number of carbonyl (C=O) groups is 1. The van der Waals surface area contributed by atoms with Gasteiger partial charge in [0.25, 0.3) is 0 Å². The van der Waals surface area contributed by atoms with Crippen LogP contribution < -0.4 is 10.2 Å². The number of nitrogens with one attached hydrogen (secondary N) is 1. The molecule has 0 unspecified atom stereocenters. The molecule has 0 aliphatic carbocycles. The van der Waals surface area contributed by atoms with E-state index in [2.05, 4.69) is 51.6 Å². The van der Waals surface area contributed by atoms with E-state index < -0.39 is 0 Å². The van der Waals surface area contributed by atoms with E-state index >= 15 is 0 Å². The van der Waals surface area contributed by atoms with Gasteiger partial charge in [-0.2, -0.15) is 0 Å². The molecule has 148 valence electrons. The molecular weight excluding hydrogens is 360 g/mol. The van der Waals surface area contributed by atoms with E-state index in [4.69, 9.17) is 0 Å². The van der Waals surface area contributed by atoms with Crippen molar-refractivity contribution in [1.82, 2.24) is 10.2 Å². The molecule has 2 aromatic carbocycles. The molecule has 1 N–H and O–H groups in total. The van der Waals surface area contributed by atoms with E-state index in [-0.39, 0.29) is 11.8 Å². The van der Waals surface area contributed by atoms with Crippen molar-refractivity contribution < 1.29 is 4.79 Å². The lowest BCUT2D eigenvalue weighted by molar-refractivity contribution is -0.120. The first-order chi connectivity index (χ1) is 14.1. The summed E-state index contributed by atoms with van der Waals surface area (Å²) < 4.78 is 0. The number of hydrogen-bond acceptors (Lipinski definition) is 4. The van der Waals surface area contributed by atoms with E-state index in [1.807, 2.05) is 43.3 Å². The Labute approximate surface area is 171 Å². The third-order valence-corrected chi connectivity index (χ3v) is 5.40. The number of aryl methyl sites for hydroxylation is 2. The SMILES string of the molecule is Cc1ccc(-c2ccc(N3CCC[C@@H](C(=O)Nc4cccc(C)c4)C3)nn2)cc1. The minimum atomic E-state index is -0.0529. The minimum Gasteiger partial charge on any atom is -0.354 e. The Morgan fingerprint density at radius 1 is 1.00 bits per heavy atom. The van der Waals surface area contributed by atoms with Crippen molar-refractivity contribution in [3.63, 3.8) is 0 Å². The standard InChI is InChI=1S/C24H26N4O/c1-17-8-10-19(11-9-17)22-12-13-23(27-26-22)28-14-4-6-20(16-28)24(29)25-21-7-3-5-18(2)15-21/h3,5,7-13,15,20H,4,6,14,16H2,1-2H3,(H,25,29)/t20-/m1/s1. The van der Waals surface area contributed by atoms with Crippen molar-refractivity contribution in [2.24, 2.45) is 5.92 Å². The van der Waals surface area contributed by atoms with Gasteiger partial charge >= 0.3 is 0 Å². The lowest BCUT2D eigenvalue weighted by Gasteiger charge is -2.32. The van der Waals surface area contributed by atoms with Crippen LogP contribution in [-0.4, -0.2) is 29.2 Å². The number of piperidine rings is 1. The smallest absolute Gasteiger partial charge is 0.229 e. The van der Waals surface area contributed by atoms with E-state index in [9.17, 15) is 4.79 Å². The summed E-state index contributed by atoms with van der Waals surface area (Å²) in [5, 5.41) is 11.9. The lowest BCUT2D eigenvalue weighted by atomic mass is 9.97. The molecule has 0 bridgehead atoms. The van der Waals surface area contributed by atoms with Gasteiger partial charge in [0.1, 0.15) is 0 Å². The van der Waals surface area contributed by atoms with Crippen molar-refractivity contribution >= 4 is 17.4 Å². The summed E-state index contributed by atoms with van der Waals surface area (Å²) >= 11 is 0. The van der Waals surface area contributed by atoms with Gasteiger partial charge in [0.2, 0.25) is 5.91 Å². The van der Waals surface area contributed by atoms with Gasteiger partial charge in [0, 0.05) is 24.3 Å². The van der Waals surface area contributed by atoms with Crippen molar-refractivity contribution in [3.8, 4) is 11.3 Å². The van der Waals surface area contributed by atoms with Crippen LogP contribution in [0.1, 0.15) is 24.0 Å². The van der Waals surface area contributed by atoms with Crippen molar-refractivity contribution in [2.45, 2.75) is 26.7 Å². The van der Waals surface area contributed by atoms with Crippen LogP contribution in [0, 0.1) is 19.8 Å². The van der Waals surface area contributed by atoms with E-state index in [0.29, 0.717) is 6.54 Å². The number of hydrogen-bond donors (Lipinski definition) is 1. The van der Waals surface area contributed by atoms with Gasteiger partial charge in [-0.05, 0) is 56.5 Å². The maximum Gasteiger partial charge on any atom is 0.229 e. The van der Waals surface area contributed by atoms with Crippen molar-refractivity contribution in [1.29, 1.82) is 0 Å². The van der Waals surface area contributed by atoms with Gasteiger partial charge in [-0.3, -0.25) is 4.79 Å².